The Hall–Kier alpha value is -2.55. The lowest BCUT2D eigenvalue weighted by Crippen LogP contribution is -2.19. The Morgan fingerprint density at radius 1 is 1.21 bits per heavy atom. The van der Waals surface area contributed by atoms with Crippen molar-refractivity contribution in [1.82, 2.24) is 9.55 Å². The van der Waals surface area contributed by atoms with E-state index < -0.39 is 0 Å². The molecule has 0 atom stereocenters. The zero-order valence-corrected chi connectivity index (χ0v) is 17.2. The summed E-state index contributed by atoms with van der Waals surface area (Å²) in [6.07, 6.45) is 0. The Morgan fingerprint density at radius 3 is 2.93 bits per heavy atom. The van der Waals surface area contributed by atoms with Gasteiger partial charge in [-0.3, -0.25) is 4.79 Å². The van der Waals surface area contributed by atoms with Gasteiger partial charge in [-0.05, 0) is 43.3 Å². The fourth-order valence-electron chi connectivity index (χ4n) is 2.92. The second-order valence-electron chi connectivity index (χ2n) is 6.02. The van der Waals surface area contributed by atoms with Crippen LogP contribution in [0.2, 0.25) is 0 Å². The van der Waals surface area contributed by atoms with Crippen LogP contribution in [0.5, 0.6) is 5.75 Å². The van der Waals surface area contributed by atoms with Crippen molar-refractivity contribution in [3.8, 4) is 5.75 Å². The number of thiazole rings is 2. The van der Waals surface area contributed by atoms with Crippen LogP contribution in [0.3, 0.4) is 0 Å². The first-order valence-corrected chi connectivity index (χ1v) is 10.6. The Bertz CT molecular complexity index is 1210. The fraction of sp³-hybridized carbons (Fsp3) is 0.250. The monoisotopic (exact) mass is 413 g/mol. The predicted octanol–water partition coefficient (Wildman–Crippen LogP) is 4.10. The van der Waals surface area contributed by atoms with Crippen LogP contribution >= 0.6 is 22.7 Å². The summed E-state index contributed by atoms with van der Waals surface area (Å²) in [5.74, 6) is 0.512. The molecule has 2 heterocycles. The van der Waals surface area contributed by atoms with E-state index in [0.717, 1.165) is 26.2 Å². The lowest BCUT2D eigenvalue weighted by molar-refractivity contribution is 0.0997. The fourth-order valence-corrected chi connectivity index (χ4v) is 4.72. The van der Waals surface area contributed by atoms with Crippen LogP contribution in [0.1, 0.15) is 17.3 Å². The van der Waals surface area contributed by atoms with Gasteiger partial charge in [-0.1, -0.05) is 11.3 Å². The molecule has 8 heteroatoms. The van der Waals surface area contributed by atoms with Gasteiger partial charge in [0.1, 0.15) is 5.75 Å². The Balaban J connectivity index is 1.77. The molecule has 0 aliphatic heterocycles. The van der Waals surface area contributed by atoms with E-state index in [0.29, 0.717) is 30.1 Å². The van der Waals surface area contributed by atoms with Crippen molar-refractivity contribution in [2.45, 2.75) is 13.5 Å². The number of hydrogen-bond donors (Lipinski definition) is 0. The molecule has 0 saturated carbocycles. The van der Waals surface area contributed by atoms with Gasteiger partial charge in [0.25, 0.3) is 5.91 Å². The maximum atomic E-state index is 12.8. The van der Waals surface area contributed by atoms with Crippen LogP contribution in [0, 0.1) is 0 Å². The molecule has 6 nitrogen and oxygen atoms in total. The minimum Gasteiger partial charge on any atom is -0.497 e. The molecule has 4 aromatic rings. The molecule has 0 fully saturated rings. The van der Waals surface area contributed by atoms with E-state index in [1.807, 2.05) is 41.8 Å². The van der Waals surface area contributed by atoms with Crippen molar-refractivity contribution in [1.29, 1.82) is 0 Å². The van der Waals surface area contributed by atoms with Crippen LogP contribution in [0.4, 0.5) is 0 Å². The molecule has 0 aliphatic rings. The van der Waals surface area contributed by atoms with E-state index in [9.17, 15) is 4.79 Å². The summed E-state index contributed by atoms with van der Waals surface area (Å²) >= 11 is 2.98. The molecule has 4 rings (SSSR count). The first kappa shape index (κ1) is 18.8. The van der Waals surface area contributed by atoms with Crippen LogP contribution in [0.15, 0.2) is 46.9 Å². The Morgan fingerprint density at radius 2 is 2.11 bits per heavy atom. The van der Waals surface area contributed by atoms with Crippen molar-refractivity contribution in [2.24, 2.45) is 4.99 Å². The van der Waals surface area contributed by atoms with E-state index in [1.165, 1.54) is 22.7 Å². The van der Waals surface area contributed by atoms with Crippen LogP contribution in [0.25, 0.3) is 20.4 Å². The molecule has 0 unspecified atom stereocenters. The summed E-state index contributed by atoms with van der Waals surface area (Å²) < 4.78 is 14.9. The van der Waals surface area contributed by atoms with Crippen molar-refractivity contribution >= 4 is 49.0 Å². The SMILES string of the molecule is CCOCCn1c(=NC(=O)c2ccc3ncsc3c2)sc2cc(OC)ccc21. The molecule has 0 bridgehead atoms. The largest absolute Gasteiger partial charge is 0.497 e. The third kappa shape index (κ3) is 3.71. The molecule has 0 spiro atoms. The number of ether oxygens (including phenoxy) is 2. The van der Waals surface area contributed by atoms with Crippen LogP contribution < -0.4 is 9.54 Å². The minimum atomic E-state index is -0.265. The van der Waals surface area contributed by atoms with Gasteiger partial charge in [-0.2, -0.15) is 4.99 Å². The third-order valence-electron chi connectivity index (χ3n) is 4.33. The standard InChI is InChI=1S/C20H19N3O3S2/c1-3-26-9-8-23-16-7-5-14(25-2)11-18(16)28-20(23)22-19(24)13-4-6-15-17(10-13)27-12-21-15/h4-7,10-12H,3,8-9H2,1-2H3. The summed E-state index contributed by atoms with van der Waals surface area (Å²) in [6.45, 7) is 3.80. The quantitative estimate of drug-likeness (QED) is 0.447. The molecule has 0 radical (unpaired) electrons. The summed E-state index contributed by atoms with van der Waals surface area (Å²) in [5, 5.41) is 0. The van der Waals surface area contributed by atoms with Crippen molar-refractivity contribution in [3.05, 3.63) is 52.3 Å². The molecule has 144 valence electrons. The van der Waals surface area contributed by atoms with Gasteiger partial charge in [0.05, 0.1) is 39.7 Å². The first-order valence-electron chi connectivity index (χ1n) is 8.87. The Labute approximate surface area is 169 Å². The van der Waals surface area contributed by atoms with Gasteiger partial charge in [0.2, 0.25) is 0 Å². The number of carbonyl (C=O) groups is 1. The maximum Gasteiger partial charge on any atom is 0.279 e. The molecule has 0 N–H and O–H groups in total. The summed E-state index contributed by atoms with van der Waals surface area (Å²) in [4.78, 5) is 22.1. The van der Waals surface area contributed by atoms with Crippen LogP contribution in [-0.2, 0) is 11.3 Å². The number of benzene rings is 2. The molecular weight excluding hydrogens is 394 g/mol. The average Bonchev–Trinajstić information content (AvgIpc) is 3.31. The predicted molar refractivity (Wildman–Crippen MR) is 112 cm³/mol. The number of nitrogens with zero attached hydrogens (tertiary/aromatic N) is 3. The van der Waals surface area contributed by atoms with E-state index in [2.05, 4.69) is 9.98 Å². The Kier molecular flexibility index (Phi) is 5.52. The highest BCUT2D eigenvalue weighted by Gasteiger charge is 2.11. The highest BCUT2D eigenvalue weighted by molar-refractivity contribution is 7.17. The second kappa shape index (κ2) is 8.22. The normalized spacial score (nSPS) is 12.1. The maximum absolute atomic E-state index is 12.8. The van der Waals surface area contributed by atoms with Gasteiger partial charge in [-0.15, -0.1) is 11.3 Å². The lowest BCUT2D eigenvalue weighted by atomic mass is 10.2. The van der Waals surface area contributed by atoms with Gasteiger partial charge >= 0.3 is 0 Å². The van der Waals surface area contributed by atoms with Crippen molar-refractivity contribution in [3.63, 3.8) is 0 Å². The second-order valence-corrected chi connectivity index (χ2v) is 7.91. The molecule has 0 aliphatic carbocycles. The third-order valence-corrected chi connectivity index (χ3v) is 6.16. The number of rotatable bonds is 6. The van der Waals surface area contributed by atoms with E-state index in [4.69, 9.17) is 9.47 Å². The van der Waals surface area contributed by atoms with Gasteiger partial charge in [-0.25, -0.2) is 4.98 Å². The molecule has 28 heavy (non-hydrogen) atoms. The summed E-state index contributed by atoms with van der Waals surface area (Å²) in [7, 11) is 1.64. The van der Waals surface area contributed by atoms with Gasteiger partial charge < -0.3 is 14.0 Å². The van der Waals surface area contributed by atoms with Crippen molar-refractivity contribution in [2.75, 3.05) is 20.3 Å². The lowest BCUT2D eigenvalue weighted by Gasteiger charge is -2.06. The van der Waals surface area contributed by atoms with E-state index in [1.54, 1.807) is 18.7 Å². The highest BCUT2D eigenvalue weighted by Crippen LogP contribution is 2.24. The number of methoxy groups -OCH3 is 1. The van der Waals surface area contributed by atoms with Gasteiger partial charge in [0, 0.05) is 18.7 Å². The number of hydrogen-bond acceptors (Lipinski definition) is 6. The number of aromatic nitrogens is 2. The smallest absolute Gasteiger partial charge is 0.279 e. The zero-order chi connectivity index (χ0) is 19.5. The topological polar surface area (TPSA) is 65.7 Å². The van der Waals surface area contributed by atoms with Crippen LogP contribution in [-0.4, -0.2) is 35.8 Å². The molecule has 1 amide bonds. The molecule has 0 saturated heterocycles. The number of fused-ring (bicyclic) bond motifs is 2. The molecule has 2 aromatic heterocycles. The summed E-state index contributed by atoms with van der Waals surface area (Å²) in [5.41, 5.74) is 4.23. The summed E-state index contributed by atoms with van der Waals surface area (Å²) in [6, 6.07) is 11.3. The first-order chi connectivity index (χ1) is 13.7. The van der Waals surface area contributed by atoms with Crippen molar-refractivity contribution < 1.29 is 14.3 Å². The number of carbonyl (C=O) groups excluding carboxylic acids is 1. The van der Waals surface area contributed by atoms with E-state index >= 15 is 0 Å². The molecule has 2 aromatic carbocycles. The average molecular weight is 414 g/mol. The number of amides is 1. The zero-order valence-electron chi connectivity index (χ0n) is 15.5. The van der Waals surface area contributed by atoms with E-state index in [-0.39, 0.29) is 5.91 Å². The highest BCUT2D eigenvalue weighted by atomic mass is 32.1. The molecular formula is C20H19N3O3S2. The minimum absolute atomic E-state index is 0.265. The van der Waals surface area contributed by atoms with Gasteiger partial charge in [0.15, 0.2) is 4.80 Å².